The lowest BCUT2D eigenvalue weighted by molar-refractivity contribution is 0.462. The number of halogens is 1. The molecule has 2 aromatic heterocycles. The average Bonchev–Trinajstić information content (AvgIpc) is 3.16. The van der Waals surface area contributed by atoms with Crippen molar-refractivity contribution in [3.05, 3.63) is 35.5 Å². The second-order valence-corrected chi connectivity index (χ2v) is 8.75. The lowest BCUT2D eigenvalue weighted by atomic mass is 9.95. The molecule has 0 spiro atoms. The van der Waals surface area contributed by atoms with Gasteiger partial charge in [-0.25, -0.2) is 0 Å². The molecule has 0 bridgehead atoms. The third kappa shape index (κ3) is 3.90. The van der Waals surface area contributed by atoms with Crippen LogP contribution >= 0.6 is 11.6 Å². The average molecular weight is 426 g/mol. The number of hydrogen-bond acceptors (Lipinski definition) is 6. The minimum Gasteiger partial charge on any atom is -0.368 e. The van der Waals surface area contributed by atoms with E-state index < -0.39 is 0 Å². The summed E-state index contributed by atoms with van der Waals surface area (Å²) in [4.78, 5) is 14.5. The van der Waals surface area contributed by atoms with Crippen LogP contribution in [0.2, 0.25) is 5.02 Å². The monoisotopic (exact) mass is 425 g/mol. The quantitative estimate of drug-likeness (QED) is 0.679. The molecule has 1 saturated carbocycles. The number of nitrogens with zero attached hydrogens (tertiary/aromatic N) is 6. The highest BCUT2D eigenvalue weighted by atomic mass is 35.5. The molecule has 2 fully saturated rings. The van der Waals surface area contributed by atoms with Crippen molar-refractivity contribution in [2.75, 3.05) is 41.3 Å². The summed E-state index contributed by atoms with van der Waals surface area (Å²) in [5.74, 6) is 1.71. The summed E-state index contributed by atoms with van der Waals surface area (Å²) in [5.41, 5.74) is 2.06. The molecule has 158 valence electrons. The Bertz CT molecular complexity index is 1020. The number of benzene rings is 1. The van der Waals surface area contributed by atoms with Crippen LogP contribution in [0.5, 0.6) is 0 Å². The van der Waals surface area contributed by atoms with E-state index in [9.17, 15) is 0 Å². The van der Waals surface area contributed by atoms with Crippen LogP contribution in [0.3, 0.4) is 0 Å². The molecular weight excluding hydrogens is 398 g/mol. The van der Waals surface area contributed by atoms with Gasteiger partial charge in [-0.2, -0.15) is 15.1 Å². The fourth-order valence-electron chi connectivity index (χ4n) is 4.54. The molecule has 8 heteroatoms. The van der Waals surface area contributed by atoms with Crippen molar-refractivity contribution in [3.8, 4) is 0 Å². The number of aromatic nitrogens is 4. The summed E-state index contributed by atoms with van der Waals surface area (Å²) >= 11 is 6.17. The van der Waals surface area contributed by atoms with E-state index >= 15 is 0 Å². The van der Waals surface area contributed by atoms with Crippen LogP contribution in [0.15, 0.2) is 30.5 Å². The second kappa shape index (κ2) is 8.30. The second-order valence-electron chi connectivity index (χ2n) is 8.31. The number of fused-ring (bicyclic) bond motifs is 1. The first-order valence-corrected chi connectivity index (χ1v) is 11.3. The number of piperazine rings is 1. The molecule has 30 heavy (non-hydrogen) atoms. The largest absolute Gasteiger partial charge is 0.368 e. The molecule has 1 N–H and O–H groups in total. The summed E-state index contributed by atoms with van der Waals surface area (Å²) < 4.78 is 1.84. The summed E-state index contributed by atoms with van der Waals surface area (Å²) in [6.45, 7) is 3.58. The molecule has 2 aliphatic rings. The van der Waals surface area contributed by atoms with Crippen molar-refractivity contribution in [3.63, 3.8) is 0 Å². The van der Waals surface area contributed by atoms with Gasteiger partial charge in [0.1, 0.15) is 5.82 Å². The van der Waals surface area contributed by atoms with E-state index in [1.165, 1.54) is 37.8 Å². The topological polar surface area (TPSA) is 62.1 Å². The predicted molar refractivity (Wildman–Crippen MR) is 123 cm³/mol. The van der Waals surface area contributed by atoms with Gasteiger partial charge in [0.15, 0.2) is 5.65 Å². The Balaban J connectivity index is 1.37. The predicted octanol–water partition coefficient (Wildman–Crippen LogP) is 4.09. The highest BCUT2D eigenvalue weighted by Gasteiger charge is 2.23. The van der Waals surface area contributed by atoms with Gasteiger partial charge in [0, 0.05) is 50.0 Å². The molecule has 1 saturated heterocycles. The van der Waals surface area contributed by atoms with E-state index in [1.54, 1.807) is 0 Å². The van der Waals surface area contributed by atoms with E-state index in [0.717, 1.165) is 54.0 Å². The Labute approximate surface area is 182 Å². The van der Waals surface area contributed by atoms with Gasteiger partial charge in [0.25, 0.3) is 0 Å². The van der Waals surface area contributed by atoms with Crippen molar-refractivity contribution in [2.24, 2.45) is 7.05 Å². The molecule has 7 nitrogen and oxygen atoms in total. The lowest BCUT2D eigenvalue weighted by Gasteiger charge is -2.36. The standard InChI is InChI=1S/C22H28ClN7/c1-28-21-19(15-24-28)20(25-17-7-3-2-4-8-17)26-22(27-21)30-12-10-29(11-13-30)18-9-5-6-16(23)14-18/h5-6,9,14-15,17H,2-4,7-8,10-13H2,1H3,(H,25,26,27). The van der Waals surface area contributed by atoms with E-state index in [1.807, 2.05) is 36.1 Å². The zero-order valence-electron chi connectivity index (χ0n) is 17.4. The Morgan fingerprint density at radius 3 is 2.53 bits per heavy atom. The molecule has 1 aromatic carbocycles. The van der Waals surface area contributed by atoms with Crippen LogP contribution in [-0.4, -0.2) is 52.0 Å². The maximum Gasteiger partial charge on any atom is 0.229 e. The molecule has 0 amide bonds. The van der Waals surface area contributed by atoms with Crippen molar-refractivity contribution < 1.29 is 0 Å². The van der Waals surface area contributed by atoms with Crippen LogP contribution < -0.4 is 15.1 Å². The van der Waals surface area contributed by atoms with E-state index in [2.05, 4.69) is 26.3 Å². The zero-order valence-corrected chi connectivity index (χ0v) is 18.1. The lowest BCUT2D eigenvalue weighted by Crippen LogP contribution is -2.47. The van der Waals surface area contributed by atoms with E-state index in [-0.39, 0.29) is 0 Å². The van der Waals surface area contributed by atoms with E-state index in [4.69, 9.17) is 21.6 Å². The molecule has 0 radical (unpaired) electrons. The highest BCUT2D eigenvalue weighted by molar-refractivity contribution is 6.30. The number of hydrogen-bond donors (Lipinski definition) is 1. The summed E-state index contributed by atoms with van der Waals surface area (Å²) in [7, 11) is 1.95. The molecule has 3 heterocycles. The maximum atomic E-state index is 6.17. The molecule has 5 rings (SSSR count). The van der Waals surface area contributed by atoms with Crippen molar-refractivity contribution in [2.45, 2.75) is 38.1 Å². The van der Waals surface area contributed by atoms with Crippen LogP contribution in [0.4, 0.5) is 17.5 Å². The summed E-state index contributed by atoms with van der Waals surface area (Å²) in [5, 5.41) is 9.91. The number of rotatable bonds is 4. The van der Waals surface area contributed by atoms with Crippen molar-refractivity contribution in [1.82, 2.24) is 19.7 Å². The van der Waals surface area contributed by atoms with Crippen LogP contribution in [0, 0.1) is 0 Å². The fourth-order valence-corrected chi connectivity index (χ4v) is 4.72. The van der Waals surface area contributed by atoms with Gasteiger partial charge in [-0.1, -0.05) is 36.9 Å². The summed E-state index contributed by atoms with van der Waals surface area (Å²) in [6, 6.07) is 8.56. The van der Waals surface area contributed by atoms with Gasteiger partial charge in [0.2, 0.25) is 5.95 Å². The van der Waals surface area contributed by atoms with Crippen LogP contribution in [0.1, 0.15) is 32.1 Å². The number of nitrogens with one attached hydrogen (secondary N) is 1. The fraction of sp³-hybridized carbons (Fsp3) is 0.500. The third-order valence-electron chi connectivity index (χ3n) is 6.26. The molecule has 1 aliphatic carbocycles. The molecule has 0 atom stereocenters. The molecule has 1 aliphatic heterocycles. The highest BCUT2D eigenvalue weighted by Crippen LogP contribution is 2.28. The van der Waals surface area contributed by atoms with Gasteiger partial charge in [-0.05, 0) is 31.0 Å². The minimum absolute atomic E-state index is 0.490. The first-order valence-electron chi connectivity index (χ1n) is 10.9. The van der Waals surface area contributed by atoms with Gasteiger partial charge in [-0.3, -0.25) is 4.68 Å². The van der Waals surface area contributed by atoms with Gasteiger partial charge < -0.3 is 15.1 Å². The van der Waals surface area contributed by atoms with Crippen LogP contribution in [-0.2, 0) is 7.05 Å². The normalized spacial score (nSPS) is 18.2. The van der Waals surface area contributed by atoms with Crippen LogP contribution in [0.25, 0.3) is 11.0 Å². The van der Waals surface area contributed by atoms with Crippen molar-refractivity contribution >= 4 is 40.1 Å². The van der Waals surface area contributed by atoms with Crippen molar-refractivity contribution in [1.29, 1.82) is 0 Å². The first kappa shape index (κ1) is 19.4. The Hall–Kier alpha value is -2.54. The molecule has 0 unspecified atom stereocenters. The smallest absolute Gasteiger partial charge is 0.229 e. The van der Waals surface area contributed by atoms with Gasteiger partial charge in [-0.15, -0.1) is 0 Å². The Morgan fingerprint density at radius 1 is 1.00 bits per heavy atom. The number of anilines is 3. The summed E-state index contributed by atoms with van der Waals surface area (Å²) in [6.07, 6.45) is 8.21. The van der Waals surface area contributed by atoms with Gasteiger partial charge in [0.05, 0.1) is 11.6 Å². The Morgan fingerprint density at radius 2 is 1.77 bits per heavy atom. The first-order chi connectivity index (χ1) is 14.7. The molecule has 3 aromatic rings. The van der Waals surface area contributed by atoms with Gasteiger partial charge >= 0.3 is 0 Å². The zero-order chi connectivity index (χ0) is 20.5. The third-order valence-corrected chi connectivity index (χ3v) is 6.50. The van der Waals surface area contributed by atoms with E-state index in [0.29, 0.717) is 6.04 Å². The maximum absolute atomic E-state index is 6.17. The number of aryl methyl sites for hydroxylation is 1. The molecular formula is C22H28ClN7. The SMILES string of the molecule is Cn1ncc2c(NC3CCCCC3)nc(N3CCN(c4cccc(Cl)c4)CC3)nc21. The minimum atomic E-state index is 0.490. The Kier molecular flexibility index (Phi) is 5.37.